The number of carbonyl (C=O) groups excluding carboxylic acids is 1. The summed E-state index contributed by atoms with van der Waals surface area (Å²) < 4.78 is 115. The van der Waals surface area contributed by atoms with Crippen molar-refractivity contribution in [3.05, 3.63) is 41.1 Å². The molecular formula is C26H38N2O9. The Balaban J connectivity index is 2.07. The van der Waals surface area contributed by atoms with Gasteiger partial charge in [0.25, 0.3) is 0 Å². The minimum absolute atomic E-state index is 0.0180. The first-order chi connectivity index (χ1) is 21.9. The standard InChI is InChI=1S/C26H38N2O9/c1-7-33-26(32)34-13-20-21(29)22(30)23(31)25(36-20)37-24-19(16(6)28(27-24)14(2)3)12-17-8-10-18(11-9-17)35-15(4)5/h8-11,14-15,20-23,25,29-31H,7,12-13H2,1-6H3/t20-,21-,22+,23-,25+/m1/s1/i4D3,5D3,6D3,12D2. The van der Waals surface area contributed by atoms with Crippen molar-refractivity contribution in [3.63, 3.8) is 0 Å². The van der Waals surface area contributed by atoms with Crippen LogP contribution >= 0.6 is 0 Å². The molecule has 1 aliphatic rings. The van der Waals surface area contributed by atoms with Gasteiger partial charge >= 0.3 is 6.16 Å². The Morgan fingerprint density at radius 1 is 1.16 bits per heavy atom. The summed E-state index contributed by atoms with van der Waals surface area (Å²) in [5.74, 6) is -0.887. The molecule has 206 valence electrons. The van der Waals surface area contributed by atoms with Gasteiger partial charge in [-0.3, -0.25) is 4.68 Å². The van der Waals surface area contributed by atoms with Crippen molar-refractivity contribution in [2.24, 2.45) is 0 Å². The fourth-order valence-electron chi connectivity index (χ4n) is 3.45. The van der Waals surface area contributed by atoms with Crippen molar-refractivity contribution in [1.82, 2.24) is 9.78 Å². The van der Waals surface area contributed by atoms with Crippen LogP contribution in [0.5, 0.6) is 11.6 Å². The Morgan fingerprint density at radius 3 is 2.51 bits per heavy atom. The van der Waals surface area contributed by atoms with Crippen LogP contribution in [0.1, 0.15) is 72.4 Å². The molecule has 0 saturated carbocycles. The summed E-state index contributed by atoms with van der Waals surface area (Å²) in [5.41, 5.74) is -1.42. The minimum atomic E-state index is -3.02. The molecule has 0 radical (unpaired) electrons. The maximum absolute atomic E-state index is 11.7. The van der Waals surface area contributed by atoms with E-state index >= 15 is 0 Å². The molecule has 0 aliphatic carbocycles. The van der Waals surface area contributed by atoms with Crippen molar-refractivity contribution in [2.75, 3.05) is 13.2 Å². The quantitative estimate of drug-likeness (QED) is 0.390. The maximum atomic E-state index is 11.7. The molecule has 2 aromatic rings. The van der Waals surface area contributed by atoms with E-state index in [0.717, 1.165) is 28.9 Å². The lowest BCUT2D eigenvalue weighted by molar-refractivity contribution is -0.278. The number of benzene rings is 1. The summed E-state index contributed by atoms with van der Waals surface area (Å²) in [7, 11) is 0. The number of aromatic nitrogens is 2. The molecule has 3 N–H and O–H groups in total. The molecule has 0 spiro atoms. The van der Waals surface area contributed by atoms with E-state index in [-0.39, 0.29) is 17.9 Å². The summed E-state index contributed by atoms with van der Waals surface area (Å²) >= 11 is 0. The van der Waals surface area contributed by atoms with E-state index in [1.165, 1.54) is 6.92 Å². The van der Waals surface area contributed by atoms with Gasteiger partial charge in [-0.25, -0.2) is 4.79 Å². The number of hydrogen-bond donors (Lipinski definition) is 3. The number of carbonyl (C=O) groups is 1. The van der Waals surface area contributed by atoms with Gasteiger partial charge in [-0.1, -0.05) is 12.1 Å². The zero-order chi connectivity index (χ0) is 36.6. The van der Waals surface area contributed by atoms with E-state index < -0.39 is 99.7 Å². The summed E-state index contributed by atoms with van der Waals surface area (Å²) in [5, 5.41) is 35.8. The summed E-state index contributed by atoms with van der Waals surface area (Å²) in [6.45, 7) is -5.05. The van der Waals surface area contributed by atoms with Crippen molar-refractivity contribution in [1.29, 1.82) is 0 Å². The summed E-state index contributed by atoms with van der Waals surface area (Å²) in [6.07, 6.45) is -15.1. The van der Waals surface area contributed by atoms with Crippen LogP contribution in [0.2, 0.25) is 0 Å². The number of nitrogens with zero attached hydrogens (tertiary/aromatic N) is 2. The summed E-state index contributed by atoms with van der Waals surface area (Å²) in [4.78, 5) is 11.7. The second-order valence-electron chi connectivity index (χ2n) is 8.34. The Morgan fingerprint density at radius 2 is 1.89 bits per heavy atom. The topological polar surface area (TPSA) is 142 Å². The Hall–Kier alpha value is -2.86. The van der Waals surface area contributed by atoms with E-state index in [0.29, 0.717) is 0 Å². The van der Waals surface area contributed by atoms with Crippen molar-refractivity contribution in [2.45, 2.75) is 90.6 Å². The lowest BCUT2D eigenvalue weighted by Gasteiger charge is -2.39. The smallest absolute Gasteiger partial charge is 0.491 e. The molecule has 37 heavy (non-hydrogen) atoms. The molecule has 11 heteroatoms. The molecule has 1 aliphatic heterocycles. The third-order valence-electron chi connectivity index (χ3n) is 5.27. The van der Waals surface area contributed by atoms with E-state index in [4.69, 9.17) is 34.0 Å². The Kier molecular flexibility index (Phi) is 5.74. The molecule has 3 rings (SSSR count). The molecule has 1 aromatic heterocycles. The van der Waals surface area contributed by atoms with Crippen LogP contribution in [0, 0.1) is 6.85 Å². The molecule has 5 atom stereocenters. The van der Waals surface area contributed by atoms with Gasteiger partial charge in [0, 0.05) is 38.8 Å². The van der Waals surface area contributed by atoms with Gasteiger partial charge in [-0.15, -0.1) is 5.10 Å². The van der Waals surface area contributed by atoms with Crippen LogP contribution in [-0.4, -0.2) is 81.3 Å². The molecule has 1 saturated heterocycles. The highest BCUT2D eigenvalue weighted by Gasteiger charge is 2.46. The fraction of sp³-hybridized carbons (Fsp3) is 0.615. The summed E-state index contributed by atoms with van der Waals surface area (Å²) in [6, 6.07) is 3.80. The van der Waals surface area contributed by atoms with Gasteiger partial charge in [0.1, 0.15) is 36.8 Å². The van der Waals surface area contributed by atoms with Crippen LogP contribution in [0.15, 0.2) is 24.3 Å². The average Bonchev–Trinajstić information content (AvgIpc) is 3.36. The first kappa shape index (κ1) is 16.9. The average molecular weight is 534 g/mol. The predicted octanol–water partition coefficient (Wildman–Crippen LogP) is 2.51. The van der Waals surface area contributed by atoms with Crippen LogP contribution < -0.4 is 9.47 Å². The van der Waals surface area contributed by atoms with Crippen LogP contribution in [-0.2, 0) is 20.6 Å². The Labute approximate surface area is 232 Å². The van der Waals surface area contributed by atoms with E-state index in [1.54, 1.807) is 13.8 Å². The van der Waals surface area contributed by atoms with Gasteiger partial charge in [-0.2, -0.15) is 0 Å². The normalized spacial score (nSPS) is 29.6. The van der Waals surface area contributed by atoms with Crippen LogP contribution in [0.4, 0.5) is 4.79 Å². The minimum Gasteiger partial charge on any atom is -0.491 e. The van der Waals surface area contributed by atoms with Crippen molar-refractivity contribution in [3.8, 4) is 11.6 Å². The second kappa shape index (κ2) is 12.6. The Bertz CT molecular complexity index is 1380. The lowest BCUT2D eigenvalue weighted by Crippen LogP contribution is -2.60. The largest absolute Gasteiger partial charge is 0.508 e. The van der Waals surface area contributed by atoms with E-state index in [1.807, 2.05) is 0 Å². The van der Waals surface area contributed by atoms with E-state index in [9.17, 15) is 20.1 Å². The predicted molar refractivity (Wildman–Crippen MR) is 133 cm³/mol. The zero-order valence-corrected chi connectivity index (χ0v) is 20.5. The van der Waals surface area contributed by atoms with Crippen LogP contribution in [0.3, 0.4) is 0 Å². The van der Waals surface area contributed by atoms with Crippen molar-refractivity contribution < 1.29 is 58.9 Å². The molecule has 0 bridgehead atoms. The van der Waals surface area contributed by atoms with Gasteiger partial charge < -0.3 is 39.0 Å². The van der Waals surface area contributed by atoms with Gasteiger partial charge in [0.15, 0.2) is 0 Å². The molecule has 11 nitrogen and oxygen atoms in total. The fourth-order valence-corrected chi connectivity index (χ4v) is 3.45. The molecular weight excluding hydrogens is 484 g/mol. The third kappa shape index (κ3) is 7.13. The molecule has 2 heterocycles. The second-order valence-corrected chi connectivity index (χ2v) is 8.34. The van der Waals surface area contributed by atoms with Crippen molar-refractivity contribution >= 4 is 6.16 Å². The zero-order valence-electron chi connectivity index (χ0n) is 31.5. The molecule has 1 aromatic carbocycles. The van der Waals surface area contributed by atoms with Crippen LogP contribution in [0.25, 0.3) is 0 Å². The third-order valence-corrected chi connectivity index (χ3v) is 5.27. The number of rotatable bonds is 10. The lowest BCUT2D eigenvalue weighted by atomic mass is 9.99. The first-order valence-corrected chi connectivity index (χ1v) is 11.5. The number of ether oxygens (including phenoxy) is 5. The number of aliphatic hydroxyl groups excluding tert-OH is 3. The molecule has 0 amide bonds. The number of hydrogen-bond acceptors (Lipinski definition) is 10. The molecule has 0 unspecified atom stereocenters. The highest BCUT2D eigenvalue weighted by atomic mass is 16.7. The van der Waals surface area contributed by atoms with Gasteiger partial charge in [0.05, 0.1) is 12.7 Å². The highest BCUT2D eigenvalue weighted by molar-refractivity contribution is 5.59. The first-order valence-electron chi connectivity index (χ1n) is 17.0. The number of aliphatic hydroxyl groups is 3. The molecule has 1 fully saturated rings. The van der Waals surface area contributed by atoms with Gasteiger partial charge in [0.2, 0.25) is 12.2 Å². The monoisotopic (exact) mass is 533 g/mol. The van der Waals surface area contributed by atoms with E-state index in [2.05, 4.69) is 9.84 Å². The highest BCUT2D eigenvalue weighted by Crippen LogP contribution is 2.31. The van der Waals surface area contributed by atoms with Gasteiger partial charge in [-0.05, 0) is 59.0 Å². The maximum Gasteiger partial charge on any atom is 0.508 e. The SMILES string of the molecule is [2H]C([2H])([2H])c1c(C([2H])([2H])c2ccc(OC(C([2H])([2H])[2H])C([2H])([2H])[2H])cc2)c(O[C@@H]2O[C@H](COC(=O)OCC)[C@@H](O)[C@H](O)[C@H]2O)nn1C(C)C.